The van der Waals surface area contributed by atoms with E-state index >= 15 is 0 Å². The maximum Gasteiger partial charge on any atom is 0.264 e. The number of halogens is 3. The van der Waals surface area contributed by atoms with Gasteiger partial charge < -0.3 is 10.1 Å². The highest BCUT2D eigenvalue weighted by molar-refractivity contribution is 9.10. The Bertz CT molecular complexity index is 743. The highest BCUT2D eigenvalue weighted by Gasteiger charge is 2.09. The molecule has 2 aromatic carbocycles. The zero-order valence-electron chi connectivity index (χ0n) is 11.6. The molecule has 0 spiro atoms. The molecule has 0 aliphatic carbocycles. The Labute approximate surface area is 157 Å². The van der Waals surface area contributed by atoms with Gasteiger partial charge in [0.2, 0.25) is 0 Å². The molecular formula is C15H11BrCl2N2O2S. The van der Waals surface area contributed by atoms with Crippen LogP contribution in [0.25, 0.3) is 0 Å². The zero-order valence-corrected chi connectivity index (χ0v) is 15.5. The highest BCUT2D eigenvalue weighted by Crippen LogP contribution is 2.27. The van der Waals surface area contributed by atoms with Crippen molar-refractivity contribution in [1.82, 2.24) is 5.32 Å². The summed E-state index contributed by atoms with van der Waals surface area (Å²) in [6.07, 6.45) is 0. The molecule has 0 saturated heterocycles. The number of hydrogen-bond acceptors (Lipinski definition) is 3. The van der Waals surface area contributed by atoms with E-state index < -0.39 is 5.91 Å². The number of anilines is 1. The van der Waals surface area contributed by atoms with Crippen molar-refractivity contribution in [2.75, 3.05) is 11.9 Å². The number of ether oxygens (including phenoxy) is 1. The Morgan fingerprint density at radius 1 is 1.17 bits per heavy atom. The molecule has 0 heterocycles. The number of rotatable bonds is 4. The van der Waals surface area contributed by atoms with Gasteiger partial charge in [0.1, 0.15) is 5.75 Å². The first kappa shape index (κ1) is 18.0. The standard InChI is InChI=1S/C15H11BrCl2N2O2S/c16-9-5-6-13(11(18)7-9)22-8-14(21)20-15(23)19-12-4-2-1-3-10(12)17/h1-7H,8H2,(H2,19,20,21,23). The first-order chi connectivity index (χ1) is 11.0. The van der Waals surface area contributed by atoms with Crippen LogP contribution in [0.4, 0.5) is 5.69 Å². The third-order valence-corrected chi connectivity index (χ3v) is 3.95. The second-order valence-corrected chi connectivity index (χ2v) is 6.48. The summed E-state index contributed by atoms with van der Waals surface area (Å²) in [4.78, 5) is 11.8. The van der Waals surface area contributed by atoms with Gasteiger partial charge in [0, 0.05) is 4.47 Å². The summed E-state index contributed by atoms with van der Waals surface area (Å²) in [6.45, 7) is -0.217. The molecule has 0 fully saturated rings. The summed E-state index contributed by atoms with van der Waals surface area (Å²) < 4.78 is 6.17. The Kier molecular flexibility index (Phi) is 6.65. The third-order valence-electron chi connectivity index (χ3n) is 2.63. The van der Waals surface area contributed by atoms with Crippen LogP contribution in [0.15, 0.2) is 46.9 Å². The average molecular weight is 434 g/mol. The largest absolute Gasteiger partial charge is 0.482 e. The summed E-state index contributed by atoms with van der Waals surface area (Å²) in [7, 11) is 0. The summed E-state index contributed by atoms with van der Waals surface area (Å²) in [5.74, 6) is 0.00328. The molecule has 2 aromatic rings. The molecule has 0 saturated carbocycles. The number of carbonyl (C=O) groups excluding carboxylic acids is 1. The monoisotopic (exact) mass is 432 g/mol. The number of para-hydroxylation sites is 1. The van der Waals surface area contributed by atoms with Gasteiger partial charge in [-0.25, -0.2) is 0 Å². The summed E-state index contributed by atoms with van der Waals surface area (Å²) in [6, 6.07) is 12.2. The van der Waals surface area contributed by atoms with E-state index in [-0.39, 0.29) is 11.7 Å². The quantitative estimate of drug-likeness (QED) is 0.689. The molecule has 2 rings (SSSR count). The Morgan fingerprint density at radius 2 is 1.91 bits per heavy atom. The topological polar surface area (TPSA) is 50.4 Å². The second-order valence-electron chi connectivity index (χ2n) is 4.35. The molecule has 0 unspecified atom stereocenters. The lowest BCUT2D eigenvalue weighted by molar-refractivity contribution is -0.121. The van der Waals surface area contributed by atoms with Crippen LogP contribution in [-0.4, -0.2) is 17.6 Å². The predicted molar refractivity (Wildman–Crippen MR) is 100 cm³/mol. The number of nitrogens with one attached hydrogen (secondary N) is 2. The number of thiocarbonyl (C=S) groups is 1. The lowest BCUT2D eigenvalue weighted by atomic mass is 10.3. The van der Waals surface area contributed by atoms with Gasteiger partial charge in [-0.05, 0) is 42.5 Å². The van der Waals surface area contributed by atoms with Crippen molar-refractivity contribution >= 4 is 68.1 Å². The number of carbonyl (C=O) groups is 1. The Hall–Kier alpha value is -1.34. The van der Waals surface area contributed by atoms with E-state index in [0.29, 0.717) is 21.5 Å². The molecule has 4 nitrogen and oxygen atoms in total. The van der Waals surface area contributed by atoms with Crippen LogP contribution in [-0.2, 0) is 4.79 Å². The van der Waals surface area contributed by atoms with Crippen molar-refractivity contribution in [2.24, 2.45) is 0 Å². The van der Waals surface area contributed by atoms with Gasteiger partial charge >= 0.3 is 0 Å². The third kappa shape index (κ3) is 5.66. The van der Waals surface area contributed by atoms with Crippen molar-refractivity contribution in [1.29, 1.82) is 0 Å². The fourth-order valence-corrected chi connectivity index (χ4v) is 2.75. The van der Waals surface area contributed by atoms with Crippen LogP contribution in [0.2, 0.25) is 10.0 Å². The molecule has 0 aliphatic heterocycles. The minimum absolute atomic E-state index is 0.133. The van der Waals surface area contributed by atoms with E-state index in [9.17, 15) is 4.79 Å². The second kappa shape index (κ2) is 8.49. The minimum Gasteiger partial charge on any atom is -0.482 e. The fourth-order valence-electron chi connectivity index (χ4n) is 1.61. The first-order valence-corrected chi connectivity index (χ1v) is 8.34. The van der Waals surface area contributed by atoms with E-state index in [1.165, 1.54) is 0 Å². The fraction of sp³-hybridized carbons (Fsp3) is 0.0667. The van der Waals surface area contributed by atoms with E-state index in [1.807, 2.05) is 0 Å². The van der Waals surface area contributed by atoms with E-state index in [0.717, 1.165) is 4.47 Å². The van der Waals surface area contributed by atoms with Crippen LogP contribution >= 0.6 is 51.3 Å². The number of benzene rings is 2. The van der Waals surface area contributed by atoms with Crippen LogP contribution in [0.1, 0.15) is 0 Å². The maximum atomic E-state index is 11.8. The van der Waals surface area contributed by atoms with Crippen molar-refractivity contribution in [3.63, 3.8) is 0 Å². The molecule has 0 bridgehead atoms. The molecule has 1 amide bonds. The Balaban J connectivity index is 1.85. The van der Waals surface area contributed by atoms with Crippen molar-refractivity contribution in [2.45, 2.75) is 0 Å². The molecule has 0 aliphatic rings. The van der Waals surface area contributed by atoms with Gasteiger partial charge in [-0.2, -0.15) is 0 Å². The SMILES string of the molecule is O=C(COc1ccc(Br)cc1Cl)NC(=S)Nc1ccccc1Cl. The summed E-state index contributed by atoms with van der Waals surface area (Å²) >= 11 is 20.3. The molecule has 0 radical (unpaired) electrons. The van der Waals surface area contributed by atoms with E-state index in [2.05, 4.69) is 26.6 Å². The molecule has 8 heteroatoms. The summed E-state index contributed by atoms with van der Waals surface area (Å²) in [5.41, 5.74) is 0.608. The van der Waals surface area contributed by atoms with Gasteiger partial charge in [0.15, 0.2) is 11.7 Å². The van der Waals surface area contributed by atoms with Gasteiger partial charge in [-0.15, -0.1) is 0 Å². The van der Waals surface area contributed by atoms with Crippen LogP contribution in [0.3, 0.4) is 0 Å². The molecule has 23 heavy (non-hydrogen) atoms. The van der Waals surface area contributed by atoms with Crippen LogP contribution in [0, 0.1) is 0 Å². The van der Waals surface area contributed by atoms with E-state index in [1.54, 1.807) is 42.5 Å². The average Bonchev–Trinajstić information content (AvgIpc) is 2.48. The lowest BCUT2D eigenvalue weighted by Crippen LogP contribution is -2.37. The zero-order chi connectivity index (χ0) is 16.8. The molecule has 120 valence electrons. The van der Waals surface area contributed by atoms with Crippen molar-refractivity contribution < 1.29 is 9.53 Å². The maximum absolute atomic E-state index is 11.8. The first-order valence-electron chi connectivity index (χ1n) is 6.39. The molecule has 0 aromatic heterocycles. The van der Waals surface area contributed by atoms with Crippen molar-refractivity contribution in [3.05, 3.63) is 57.0 Å². The predicted octanol–water partition coefficient (Wildman–Crippen LogP) is 4.65. The smallest absolute Gasteiger partial charge is 0.264 e. The van der Waals surface area contributed by atoms with Crippen LogP contribution in [0.5, 0.6) is 5.75 Å². The lowest BCUT2D eigenvalue weighted by Gasteiger charge is -2.12. The van der Waals surface area contributed by atoms with E-state index in [4.69, 9.17) is 40.2 Å². The summed E-state index contributed by atoms with van der Waals surface area (Å²) in [5, 5.41) is 6.38. The minimum atomic E-state index is -0.409. The molecule has 0 atom stereocenters. The van der Waals surface area contributed by atoms with Gasteiger partial charge in [-0.3, -0.25) is 10.1 Å². The number of hydrogen-bond donors (Lipinski definition) is 2. The van der Waals surface area contributed by atoms with Crippen molar-refractivity contribution in [3.8, 4) is 5.75 Å². The van der Waals surface area contributed by atoms with Gasteiger partial charge in [-0.1, -0.05) is 51.3 Å². The normalized spacial score (nSPS) is 10.0. The molecule has 2 N–H and O–H groups in total. The number of amides is 1. The molecular weight excluding hydrogens is 423 g/mol. The van der Waals surface area contributed by atoms with Gasteiger partial charge in [0.05, 0.1) is 15.7 Å². The van der Waals surface area contributed by atoms with Gasteiger partial charge in [0.25, 0.3) is 5.91 Å². The highest BCUT2D eigenvalue weighted by atomic mass is 79.9. The van der Waals surface area contributed by atoms with Crippen LogP contribution < -0.4 is 15.4 Å². The Morgan fingerprint density at radius 3 is 2.61 bits per heavy atom.